The Morgan fingerprint density at radius 1 is 1.09 bits per heavy atom. The number of carbonyl (C=O) groups excluding carboxylic acids is 1. The second kappa shape index (κ2) is 12.5. The van der Waals surface area contributed by atoms with Crippen molar-refractivity contribution in [1.29, 1.82) is 0 Å². The Kier molecular flexibility index (Phi) is 9.75. The average molecular weight is 459 g/mol. The Hall–Kier alpha value is -3.33. The zero-order valence-corrected chi connectivity index (χ0v) is 19.8. The fourth-order valence-electron chi connectivity index (χ4n) is 2.96. The zero-order valence-electron chi connectivity index (χ0n) is 19.0. The SMILES string of the molecule is COc1cc(/C=C/C(=O)NC(CC(C)C)NC(=S)Nc2ccccn2)cc(OC)c1OC. The number of rotatable bonds is 10. The molecule has 0 aliphatic carbocycles. The topological polar surface area (TPSA) is 93.7 Å². The third kappa shape index (κ3) is 7.73. The van der Waals surface area contributed by atoms with Gasteiger partial charge >= 0.3 is 0 Å². The molecule has 1 atom stereocenters. The summed E-state index contributed by atoms with van der Waals surface area (Å²) in [5.74, 6) is 2.21. The van der Waals surface area contributed by atoms with E-state index in [0.29, 0.717) is 40.5 Å². The summed E-state index contributed by atoms with van der Waals surface area (Å²) in [4.78, 5) is 16.8. The molecule has 2 rings (SSSR count). The van der Waals surface area contributed by atoms with Gasteiger partial charge < -0.3 is 30.2 Å². The highest BCUT2D eigenvalue weighted by Crippen LogP contribution is 2.38. The number of benzene rings is 1. The summed E-state index contributed by atoms with van der Waals surface area (Å²) in [5, 5.41) is 9.47. The van der Waals surface area contributed by atoms with Gasteiger partial charge in [0.2, 0.25) is 11.7 Å². The molecule has 0 saturated heterocycles. The van der Waals surface area contributed by atoms with Crippen LogP contribution in [0.4, 0.5) is 5.82 Å². The molecule has 0 spiro atoms. The monoisotopic (exact) mass is 458 g/mol. The number of nitrogens with one attached hydrogen (secondary N) is 3. The van der Waals surface area contributed by atoms with Crippen molar-refractivity contribution in [3.63, 3.8) is 0 Å². The molecule has 172 valence electrons. The third-order valence-corrected chi connectivity index (χ3v) is 4.57. The lowest BCUT2D eigenvalue weighted by Crippen LogP contribution is -2.49. The van der Waals surface area contributed by atoms with E-state index in [-0.39, 0.29) is 12.1 Å². The molecule has 0 bridgehead atoms. The van der Waals surface area contributed by atoms with E-state index in [2.05, 4.69) is 34.8 Å². The highest BCUT2D eigenvalue weighted by Gasteiger charge is 2.15. The fourth-order valence-corrected chi connectivity index (χ4v) is 3.21. The number of carbonyl (C=O) groups is 1. The molecule has 0 saturated carbocycles. The first kappa shape index (κ1) is 24.9. The van der Waals surface area contributed by atoms with E-state index in [1.54, 1.807) is 45.7 Å². The Morgan fingerprint density at radius 3 is 2.31 bits per heavy atom. The van der Waals surface area contributed by atoms with E-state index in [4.69, 9.17) is 26.4 Å². The van der Waals surface area contributed by atoms with Crippen LogP contribution in [0.5, 0.6) is 17.2 Å². The molecule has 1 heterocycles. The summed E-state index contributed by atoms with van der Waals surface area (Å²) in [5.41, 5.74) is 0.732. The van der Waals surface area contributed by atoms with Crippen LogP contribution in [0, 0.1) is 5.92 Å². The molecule has 32 heavy (non-hydrogen) atoms. The lowest BCUT2D eigenvalue weighted by atomic mass is 10.1. The van der Waals surface area contributed by atoms with Gasteiger partial charge in [0, 0.05) is 12.3 Å². The zero-order chi connectivity index (χ0) is 23.5. The highest BCUT2D eigenvalue weighted by molar-refractivity contribution is 7.80. The number of pyridine rings is 1. The van der Waals surface area contributed by atoms with Gasteiger partial charge in [-0.2, -0.15) is 0 Å². The van der Waals surface area contributed by atoms with Gasteiger partial charge in [0.1, 0.15) is 12.0 Å². The van der Waals surface area contributed by atoms with Gasteiger partial charge in [0.05, 0.1) is 21.3 Å². The van der Waals surface area contributed by atoms with E-state index >= 15 is 0 Å². The van der Waals surface area contributed by atoms with Crippen molar-refractivity contribution in [3.05, 3.63) is 48.2 Å². The number of ether oxygens (including phenoxy) is 3. The Morgan fingerprint density at radius 2 is 1.78 bits per heavy atom. The van der Waals surface area contributed by atoms with Crippen molar-refractivity contribution in [2.24, 2.45) is 5.92 Å². The van der Waals surface area contributed by atoms with Crippen molar-refractivity contribution in [2.75, 3.05) is 26.6 Å². The molecule has 2 aromatic rings. The summed E-state index contributed by atoms with van der Waals surface area (Å²) < 4.78 is 16.0. The maximum absolute atomic E-state index is 12.6. The summed E-state index contributed by atoms with van der Waals surface area (Å²) in [7, 11) is 4.63. The summed E-state index contributed by atoms with van der Waals surface area (Å²) in [6, 6.07) is 9.02. The average Bonchev–Trinajstić information content (AvgIpc) is 2.76. The number of nitrogens with zero attached hydrogens (tertiary/aromatic N) is 1. The third-order valence-electron chi connectivity index (χ3n) is 4.35. The molecule has 3 N–H and O–H groups in total. The van der Waals surface area contributed by atoms with Crippen LogP contribution in [-0.2, 0) is 4.79 Å². The van der Waals surface area contributed by atoms with Gasteiger partial charge in [-0.25, -0.2) is 4.98 Å². The van der Waals surface area contributed by atoms with E-state index in [9.17, 15) is 4.79 Å². The number of hydrogen-bond acceptors (Lipinski definition) is 6. The van der Waals surface area contributed by atoms with Gasteiger partial charge in [0.25, 0.3) is 0 Å². The van der Waals surface area contributed by atoms with Crippen LogP contribution in [0.25, 0.3) is 6.08 Å². The minimum atomic E-state index is -0.351. The number of hydrogen-bond donors (Lipinski definition) is 3. The summed E-state index contributed by atoms with van der Waals surface area (Å²) >= 11 is 5.37. The minimum Gasteiger partial charge on any atom is -0.493 e. The number of anilines is 1. The Balaban J connectivity index is 2.06. The molecule has 1 amide bonds. The molecule has 1 aromatic carbocycles. The second-order valence-electron chi connectivity index (χ2n) is 7.30. The van der Waals surface area contributed by atoms with E-state index in [1.807, 2.05) is 18.2 Å². The maximum Gasteiger partial charge on any atom is 0.245 e. The Bertz CT molecular complexity index is 910. The van der Waals surface area contributed by atoms with Crippen LogP contribution in [0.2, 0.25) is 0 Å². The van der Waals surface area contributed by atoms with Crippen LogP contribution in [-0.4, -0.2) is 43.5 Å². The number of aromatic nitrogens is 1. The molecule has 9 heteroatoms. The van der Waals surface area contributed by atoms with Crippen LogP contribution in [0.1, 0.15) is 25.8 Å². The molecule has 1 aromatic heterocycles. The van der Waals surface area contributed by atoms with E-state index < -0.39 is 0 Å². The quantitative estimate of drug-likeness (QED) is 0.283. The molecule has 8 nitrogen and oxygen atoms in total. The maximum atomic E-state index is 12.6. The molecule has 1 unspecified atom stereocenters. The fraction of sp³-hybridized carbons (Fsp3) is 0.348. The van der Waals surface area contributed by atoms with Crippen LogP contribution >= 0.6 is 12.2 Å². The molecule has 0 fully saturated rings. The first-order valence-corrected chi connectivity index (χ1v) is 10.5. The predicted octanol–water partition coefficient (Wildman–Crippen LogP) is 3.60. The lowest BCUT2D eigenvalue weighted by molar-refractivity contribution is -0.117. The number of methoxy groups -OCH3 is 3. The first-order chi connectivity index (χ1) is 15.4. The van der Waals surface area contributed by atoms with Gasteiger partial charge in [-0.15, -0.1) is 0 Å². The van der Waals surface area contributed by atoms with Gasteiger partial charge in [-0.05, 0) is 60.5 Å². The largest absolute Gasteiger partial charge is 0.493 e. The van der Waals surface area contributed by atoms with E-state index in [0.717, 1.165) is 5.56 Å². The van der Waals surface area contributed by atoms with Crippen molar-refractivity contribution >= 4 is 35.1 Å². The predicted molar refractivity (Wildman–Crippen MR) is 130 cm³/mol. The number of thiocarbonyl (C=S) groups is 1. The van der Waals surface area contributed by atoms with Crippen molar-refractivity contribution in [3.8, 4) is 17.2 Å². The lowest BCUT2D eigenvalue weighted by Gasteiger charge is -2.23. The van der Waals surface area contributed by atoms with Gasteiger partial charge in [-0.1, -0.05) is 19.9 Å². The summed E-state index contributed by atoms with van der Waals surface area (Å²) in [6.45, 7) is 4.14. The highest BCUT2D eigenvalue weighted by atomic mass is 32.1. The summed E-state index contributed by atoms with van der Waals surface area (Å²) in [6.07, 6.45) is 5.14. The van der Waals surface area contributed by atoms with Crippen molar-refractivity contribution in [1.82, 2.24) is 15.6 Å². The standard InChI is InChI=1S/C23H30N4O4S/c1-15(2)12-20(27-23(32)26-19-8-6-7-11-24-19)25-21(28)10-9-16-13-17(29-3)22(31-5)18(14-16)30-4/h6-11,13-15,20H,12H2,1-5H3,(H,25,28)(H2,24,26,27,32)/b10-9+. The molecular formula is C23H30N4O4S. The van der Waals surface area contributed by atoms with E-state index in [1.165, 1.54) is 6.08 Å². The molecule has 0 radical (unpaired) electrons. The minimum absolute atomic E-state index is 0.266. The van der Waals surface area contributed by atoms with Gasteiger partial charge in [-0.3, -0.25) is 4.79 Å². The first-order valence-electron chi connectivity index (χ1n) is 10.1. The van der Waals surface area contributed by atoms with Crippen LogP contribution < -0.4 is 30.2 Å². The normalized spacial score (nSPS) is 11.7. The van der Waals surface area contributed by atoms with Gasteiger partial charge in [0.15, 0.2) is 16.6 Å². The van der Waals surface area contributed by atoms with Crippen molar-refractivity contribution < 1.29 is 19.0 Å². The van der Waals surface area contributed by atoms with Crippen molar-refractivity contribution in [2.45, 2.75) is 26.4 Å². The smallest absolute Gasteiger partial charge is 0.245 e. The molecular weight excluding hydrogens is 428 g/mol. The Labute approximate surface area is 194 Å². The number of amides is 1. The molecule has 0 aliphatic heterocycles. The van der Waals surface area contributed by atoms with Crippen LogP contribution in [0.3, 0.4) is 0 Å². The second-order valence-corrected chi connectivity index (χ2v) is 7.70. The van der Waals surface area contributed by atoms with Crippen LogP contribution in [0.15, 0.2) is 42.6 Å². The molecule has 0 aliphatic rings.